The highest BCUT2D eigenvalue weighted by molar-refractivity contribution is 7.98. The summed E-state index contributed by atoms with van der Waals surface area (Å²) in [5, 5.41) is 10.0. The summed E-state index contributed by atoms with van der Waals surface area (Å²) in [4.78, 5) is 13.6. The van der Waals surface area contributed by atoms with Gasteiger partial charge < -0.3 is 15.6 Å². The minimum absolute atomic E-state index is 0.109. The molecular formula is C15H17N2O2S-. The zero-order valence-electron chi connectivity index (χ0n) is 11.1. The minimum Gasteiger partial charge on any atom is -0.545 e. The molecule has 0 aliphatic carbocycles. The van der Waals surface area contributed by atoms with E-state index in [-0.39, 0.29) is 5.56 Å². The van der Waals surface area contributed by atoms with Gasteiger partial charge in [0.2, 0.25) is 0 Å². The molecule has 5 heteroatoms. The summed E-state index contributed by atoms with van der Waals surface area (Å²) >= 11 is 1.88. The molecule has 4 nitrogen and oxygen atoms in total. The first-order valence-electron chi connectivity index (χ1n) is 6.17. The van der Waals surface area contributed by atoms with Gasteiger partial charge in [0.25, 0.3) is 0 Å². The third-order valence-electron chi connectivity index (χ3n) is 2.27. The van der Waals surface area contributed by atoms with E-state index in [2.05, 4.69) is 29.2 Å². The van der Waals surface area contributed by atoms with Gasteiger partial charge >= 0.3 is 0 Å². The van der Waals surface area contributed by atoms with Crippen LogP contribution in [-0.4, -0.2) is 23.3 Å². The summed E-state index contributed by atoms with van der Waals surface area (Å²) in [5.41, 5.74) is 6.86. The fraction of sp³-hybridized carbons (Fsp3) is 0.200. The number of nitrogens with two attached hydrogens (primary N) is 1. The van der Waals surface area contributed by atoms with Gasteiger partial charge in [-0.25, -0.2) is 0 Å². The van der Waals surface area contributed by atoms with Gasteiger partial charge in [-0.15, -0.1) is 0 Å². The monoisotopic (exact) mass is 289 g/mol. The van der Waals surface area contributed by atoms with Gasteiger partial charge in [0.05, 0.1) is 5.97 Å². The maximum absolute atomic E-state index is 10.0. The first-order chi connectivity index (χ1) is 9.74. The zero-order chi connectivity index (χ0) is 14.6. The Hall–Kier alpha value is -1.85. The highest BCUT2D eigenvalue weighted by Crippen LogP contribution is 2.09. The molecule has 0 spiro atoms. The van der Waals surface area contributed by atoms with Crippen LogP contribution in [0.15, 0.2) is 54.9 Å². The lowest BCUT2D eigenvalue weighted by Gasteiger charge is -1.98. The average Bonchev–Trinajstić information content (AvgIpc) is 2.50. The molecule has 0 fully saturated rings. The third kappa shape index (κ3) is 6.92. The Labute approximate surface area is 123 Å². The number of carboxylic acids is 1. The van der Waals surface area contributed by atoms with Gasteiger partial charge in [0.15, 0.2) is 0 Å². The fourth-order valence-electron chi connectivity index (χ4n) is 1.33. The number of thioether (sulfide) groups is 1. The number of carbonyl (C=O) groups excluding carboxylic acids is 1. The van der Waals surface area contributed by atoms with Crippen molar-refractivity contribution >= 4 is 17.7 Å². The summed E-state index contributed by atoms with van der Waals surface area (Å²) < 4.78 is 0. The number of nitrogens with zero attached hydrogens (tertiary/aromatic N) is 1. The van der Waals surface area contributed by atoms with Crippen LogP contribution < -0.4 is 10.8 Å². The molecule has 0 unspecified atom stereocenters. The molecule has 0 saturated heterocycles. The Bertz CT molecular complexity index is 492. The van der Waals surface area contributed by atoms with E-state index in [1.165, 1.54) is 24.0 Å². The smallest absolute Gasteiger partial charge is 0.0730 e. The normalized spacial score (nSPS) is 9.45. The molecule has 20 heavy (non-hydrogen) atoms. The standard InChI is InChI=1S/C9H13NS.C6H5NO2/c10-6-7-11-8-9-4-2-1-3-5-9;8-6(9)5-2-1-3-7-4-5/h1-5H,6-8,10H2;1-4H,(H,8,9)/p-1. The molecule has 1 aromatic carbocycles. The van der Waals surface area contributed by atoms with Crippen molar-refractivity contribution in [3.8, 4) is 0 Å². The van der Waals surface area contributed by atoms with Crippen LogP contribution in [0.3, 0.4) is 0 Å². The van der Waals surface area contributed by atoms with Crippen molar-refractivity contribution < 1.29 is 9.90 Å². The molecule has 0 radical (unpaired) electrons. The highest BCUT2D eigenvalue weighted by Gasteiger charge is 1.89. The van der Waals surface area contributed by atoms with E-state index in [0.717, 1.165) is 18.1 Å². The molecule has 1 heterocycles. The zero-order valence-corrected chi connectivity index (χ0v) is 11.9. The summed E-state index contributed by atoms with van der Waals surface area (Å²) in [6.07, 6.45) is 2.75. The topological polar surface area (TPSA) is 79.0 Å². The Morgan fingerprint density at radius 1 is 1.20 bits per heavy atom. The SMILES string of the molecule is NCCSCc1ccccc1.O=C([O-])c1cccnc1. The van der Waals surface area contributed by atoms with Crippen LogP contribution in [0.25, 0.3) is 0 Å². The van der Waals surface area contributed by atoms with E-state index in [4.69, 9.17) is 5.73 Å². The number of aromatic nitrogens is 1. The van der Waals surface area contributed by atoms with Gasteiger partial charge in [-0.3, -0.25) is 4.98 Å². The quantitative estimate of drug-likeness (QED) is 0.840. The Morgan fingerprint density at radius 2 is 1.95 bits per heavy atom. The van der Waals surface area contributed by atoms with Crippen molar-refractivity contribution in [2.75, 3.05) is 12.3 Å². The molecule has 1 aromatic heterocycles. The molecule has 0 atom stereocenters. The van der Waals surface area contributed by atoms with E-state index in [0.29, 0.717) is 0 Å². The molecule has 0 saturated carbocycles. The number of carboxylic acid groups (broad SMARTS) is 1. The molecule has 0 amide bonds. The number of hydrogen-bond acceptors (Lipinski definition) is 5. The van der Waals surface area contributed by atoms with Crippen LogP contribution in [0.4, 0.5) is 0 Å². The van der Waals surface area contributed by atoms with Crippen LogP contribution in [0.1, 0.15) is 15.9 Å². The van der Waals surface area contributed by atoms with Gasteiger partial charge in [0.1, 0.15) is 0 Å². The van der Waals surface area contributed by atoms with Crippen LogP contribution in [0, 0.1) is 0 Å². The lowest BCUT2D eigenvalue weighted by atomic mass is 10.2. The lowest BCUT2D eigenvalue weighted by molar-refractivity contribution is -0.255. The predicted molar refractivity (Wildman–Crippen MR) is 80.2 cm³/mol. The van der Waals surface area contributed by atoms with Crippen LogP contribution >= 0.6 is 11.8 Å². The van der Waals surface area contributed by atoms with Crippen LogP contribution in [-0.2, 0) is 5.75 Å². The summed E-state index contributed by atoms with van der Waals surface area (Å²) in [7, 11) is 0. The van der Waals surface area contributed by atoms with E-state index in [1.807, 2.05) is 17.8 Å². The fourth-order valence-corrected chi connectivity index (χ4v) is 2.07. The van der Waals surface area contributed by atoms with Crippen molar-refractivity contribution in [1.29, 1.82) is 0 Å². The molecule has 0 bridgehead atoms. The Balaban J connectivity index is 0.000000204. The number of benzene rings is 1. The lowest BCUT2D eigenvalue weighted by Crippen LogP contribution is -2.22. The Morgan fingerprint density at radius 3 is 2.45 bits per heavy atom. The van der Waals surface area contributed by atoms with E-state index >= 15 is 0 Å². The third-order valence-corrected chi connectivity index (χ3v) is 3.33. The first kappa shape index (κ1) is 16.2. The Kier molecular flexibility index (Phi) is 8.10. The van der Waals surface area contributed by atoms with Gasteiger partial charge in [-0.2, -0.15) is 11.8 Å². The number of pyridine rings is 1. The molecule has 2 rings (SSSR count). The van der Waals surface area contributed by atoms with Crippen molar-refractivity contribution in [3.63, 3.8) is 0 Å². The largest absolute Gasteiger partial charge is 0.545 e. The number of hydrogen-bond donors (Lipinski definition) is 1. The second kappa shape index (κ2) is 10.00. The predicted octanol–water partition coefficient (Wildman–Crippen LogP) is 1.32. The minimum atomic E-state index is -1.19. The second-order valence-electron chi connectivity index (χ2n) is 3.86. The first-order valence-corrected chi connectivity index (χ1v) is 7.32. The molecule has 2 N–H and O–H groups in total. The maximum Gasteiger partial charge on any atom is 0.0730 e. The second-order valence-corrected chi connectivity index (χ2v) is 4.96. The van der Waals surface area contributed by atoms with Crippen molar-refractivity contribution in [2.45, 2.75) is 5.75 Å². The average molecular weight is 289 g/mol. The van der Waals surface area contributed by atoms with Crippen molar-refractivity contribution in [1.82, 2.24) is 4.98 Å². The summed E-state index contributed by atoms with van der Waals surface area (Å²) in [6, 6.07) is 13.4. The number of aromatic carboxylic acids is 1. The summed E-state index contributed by atoms with van der Waals surface area (Å²) in [6.45, 7) is 0.775. The van der Waals surface area contributed by atoms with Crippen LogP contribution in [0.2, 0.25) is 0 Å². The van der Waals surface area contributed by atoms with Gasteiger partial charge in [0, 0.05) is 36.0 Å². The highest BCUT2D eigenvalue weighted by atomic mass is 32.2. The van der Waals surface area contributed by atoms with Crippen molar-refractivity contribution in [3.05, 3.63) is 66.0 Å². The maximum atomic E-state index is 10.0. The summed E-state index contributed by atoms with van der Waals surface area (Å²) in [5.74, 6) is 0.940. The van der Waals surface area contributed by atoms with Gasteiger partial charge in [-0.05, 0) is 11.6 Å². The number of rotatable bonds is 5. The van der Waals surface area contributed by atoms with E-state index in [1.54, 1.807) is 6.07 Å². The van der Waals surface area contributed by atoms with Crippen molar-refractivity contribution in [2.24, 2.45) is 5.73 Å². The molecule has 0 aliphatic heterocycles. The number of carbonyl (C=O) groups is 1. The molecule has 106 valence electrons. The van der Waals surface area contributed by atoms with E-state index < -0.39 is 5.97 Å². The molecule has 0 aliphatic rings. The molecule has 2 aromatic rings. The van der Waals surface area contributed by atoms with Crippen LogP contribution in [0.5, 0.6) is 0 Å². The van der Waals surface area contributed by atoms with Gasteiger partial charge in [-0.1, -0.05) is 36.4 Å². The van der Waals surface area contributed by atoms with E-state index in [9.17, 15) is 9.90 Å². The molecular weight excluding hydrogens is 272 g/mol.